The summed E-state index contributed by atoms with van der Waals surface area (Å²) in [4.78, 5) is 11.8. The van der Waals surface area contributed by atoms with Crippen molar-refractivity contribution in [2.45, 2.75) is 13.1 Å². The Morgan fingerprint density at radius 1 is 1.55 bits per heavy atom. The van der Waals surface area contributed by atoms with Gasteiger partial charge in [0.15, 0.2) is 0 Å². The fourth-order valence-corrected chi connectivity index (χ4v) is 1.56. The Kier molecular flexibility index (Phi) is 4.02. The first-order chi connectivity index (χ1) is 9.62. The normalized spacial score (nSPS) is 10.1. The minimum Gasteiger partial charge on any atom is -0.325 e. The molecule has 0 aliphatic carbocycles. The van der Waals surface area contributed by atoms with Crippen molar-refractivity contribution in [3.8, 4) is 6.07 Å². The summed E-state index contributed by atoms with van der Waals surface area (Å²) in [5.41, 5.74) is 6.25. The molecule has 2 rings (SSSR count). The van der Waals surface area contributed by atoms with Gasteiger partial charge in [-0.15, -0.1) is 5.10 Å². The fraction of sp³-hybridized carbons (Fsp3) is 0.167. The first-order valence-corrected chi connectivity index (χ1v) is 5.71. The van der Waals surface area contributed by atoms with Crippen LogP contribution in [0.15, 0.2) is 24.4 Å². The maximum atomic E-state index is 13.0. The first-order valence-electron chi connectivity index (χ1n) is 5.71. The third-order valence-corrected chi connectivity index (χ3v) is 2.48. The van der Waals surface area contributed by atoms with Gasteiger partial charge >= 0.3 is 0 Å². The molecule has 0 spiro atoms. The lowest BCUT2D eigenvalue weighted by atomic mass is 10.2. The number of anilines is 1. The van der Waals surface area contributed by atoms with Crippen LogP contribution in [0, 0.1) is 17.1 Å². The van der Waals surface area contributed by atoms with E-state index in [1.54, 1.807) is 6.20 Å². The first kappa shape index (κ1) is 13.6. The zero-order valence-electron chi connectivity index (χ0n) is 10.4. The van der Waals surface area contributed by atoms with Crippen molar-refractivity contribution in [3.63, 3.8) is 0 Å². The molecule has 0 aliphatic heterocycles. The van der Waals surface area contributed by atoms with Gasteiger partial charge < -0.3 is 11.1 Å². The number of hydrogen-bond acceptors (Lipinski definition) is 5. The van der Waals surface area contributed by atoms with E-state index in [4.69, 9.17) is 11.0 Å². The third-order valence-electron chi connectivity index (χ3n) is 2.48. The molecule has 1 aromatic heterocycles. The fourth-order valence-electron chi connectivity index (χ4n) is 1.56. The topological polar surface area (TPSA) is 110 Å². The predicted molar refractivity (Wildman–Crippen MR) is 67.7 cm³/mol. The van der Waals surface area contributed by atoms with Gasteiger partial charge in [0.2, 0.25) is 5.91 Å². The maximum absolute atomic E-state index is 13.0. The molecule has 0 fully saturated rings. The standard InChI is InChI=1S/C12H11FN6O/c13-9-1-2-11(8(3-9)4-14)16-12(20)7-19-6-10(5-15)17-18-19/h1-3,6H,5,7,15H2,(H,16,20). The molecule has 0 radical (unpaired) electrons. The van der Waals surface area contributed by atoms with Crippen LogP contribution in [-0.2, 0) is 17.9 Å². The van der Waals surface area contributed by atoms with Gasteiger partial charge in [-0.05, 0) is 18.2 Å². The van der Waals surface area contributed by atoms with E-state index in [1.165, 1.54) is 16.8 Å². The minimum absolute atomic E-state index is 0.0552. The van der Waals surface area contributed by atoms with E-state index in [1.807, 2.05) is 6.07 Å². The lowest BCUT2D eigenvalue weighted by Crippen LogP contribution is -2.19. The zero-order valence-corrected chi connectivity index (χ0v) is 10.4. The van der Waals surface area contributed by atoms with Crippen LogP contribution in [0.3, 0.4) is 0 Å². The number of nitrogens with two attached hydrogens (primary N) is 1. The summed E-state index contributed by atoms with van der Waals surface area (Å²) in [6.45, 7) is 0.160. The Morgan fingerprint density at radius 2 is 2.35 bits per heavy atom. The van der Waals surface area contributed by atoms with Gasteiger partial charge in [-0.25, -0.2) is 9.07 Å². The highest BCUT2D eigenvalue weighted by atomic mass is 19.1. The van der Waals surface area contributed by atoms with Crippen molar-refractivity contribution in [1.29, 1.82) is 5.26 Å². The summed E-state index contributed by atoms with van der Waals surface area (Å²) < 4.78 is 14.3. The molecular formula is C12H11FN6O. The molecule has 0 aliphatic rings. The Labute approximate surface area is 113 Å². The summed E-state index contributed by atoms with van der Waals surface area (Å²) >= 11 is 0. The molecule has 102 valence electrons. The number of rotatable bonds is 4. The van der Waals surface area contributed by atoms with E-state index in [0.29, 0.717) is 5.69 Å². The zero-order chi connectivity index (χ0) is 14.5. The van der Waals surface area contributed by atoms with Gasteiger partial charge in [-0.1, -0.05) is 5.21 Å². The average Bonchev–Trinajstić information content (AvgIpc) is 2.88. The smallest absolute Gasteiger partial charge is 0.246 e. The number of halogens is 1. The molecule has 0 atom stereocenters. The van der Waals surface area contributed by atoms with E-state index < -0.39 is 11.7 Å². The lowest BCUT2D eigenvalue weighted by Gasteiger charge is -2.06. The van der Waals surface area contributed by atoms with Gasteiger partial charge in [0.1, 0.15) is 18.4 Å². The van der Waals surface area contributed by atoms with E-state index in [2.05, 4.69) is 15.6 Å². The van der Waals surface area contributed by atoms with E-state index in [9.17, 15) is 9.18 Å². The molecule has 3 N–H and O–H groups in total. The van der Waals surface area contributed by atoms with Crippen molar-refractivity contribution in [2.24, 2.45) is 5.73 Å². The number of amides is 1. The number of nitriles is 1. The molecule has 2 aromatic rings. The third kappa shape index (κ3) is 3.15. The second kappa shape index (κ2) is 5.90. The molecule has 7 nitrogen and oxygen atoms in total. The van der Waals surface area contributed by atoms with Crippen LogP contribution in [0.25, 0.3) is 0 Å². The molecule has 1 aromatic carbocycles. The van der Waals surface area contributed by atoms with Crippen LogP contribution in [-0.4, -0.2) is 20.9 Å². The monoisotopic (exact) mass is 274 g/mol. The summed E-state index contributed by atoms with van der Waals surface area (Å²) in [7, 11) is 0. The average molecular weight is 274 g/mol. The van der Waals surface area contributed by atoms with Gasteiger partial charge in [-0.3, -0.25) is 4.79 Å². The molecular weight excluding hydrogens is 263 g/mol. The van der Waals surface area contributed by atoms with Crippen molar-refractivity contribution >= 4 is 11.6 Å². The highest BCUT2D eigenvalue weighted by Crippen LogP contribution is 2.15. The largest absolute Gasteiger partial charge is 0.325 e. The number of hydrogen-bond donors (Lipinski definition) is 2. The van der Waals surface area contributed by atoms with Crippen LogP contribution in [0.1, 0.15) is 11.3 Å². The lowest BCUT2D eigenvalue weighted by molar-refractivity contribution is -0.116. The second-order valence-electron chi connectivity index (χ2n) is 3.96. The van der Waals surface area contributed by atoms with Crippen LogP contribution in [0.2, 0.25) is 0 Å². The number of nitrogens with one attached hydrogen (secondary N) is 1. The summed E-state index contributed by atoms with van der Waals surface area (Å²) in [6, 6.07) is 5.36. The van der Waals surface area contributed by atoms with Gasteiger partial charge in [-0.2, -0.15) is 5.26 Å². The molecule has 0 unspecified atom stereocenters. The number of nitrogens with zero attached hydrogens (tertiary/aromatic N) is 4. The Hall–Kier alpha value is -2.79. The van der Waals surface area contributed by atoms with Crippen molar-refractivity contribution in [1.82, 2.24) is 15.0 Å². The molecule has 1 amide bonds. The van der Waals surface area contributed by atoms with Crippen molar-refractivity contribution in [2.75, 3.05) is 5.32 Å². The van der Waals surface area contributed by atoms with E-state index in [0.717, 1.165) is 6.07 Å². The maximum Gasteiger partial charge on any atom is 0.246 e. The Bertz CT molecular complexity index is 675. The Balaban J connectivity index is 2.06. The number of carbonyl (C=O) groups excluding carboxylic acids is 1. The summed E-state index contributed by atoms with van der Waals surface area (Å²) in [5, 5.41) is 18.9. The molecule has 1 heterocycles. The predicted octanol–water partition coefficient (Wildman–Crippen LogP) is 0.386. The minimum atomic E-state index is -0.539. The highest BCUT2D eigenvalue weighted by molar-refractivity contribution is 5.91. The molecule has 0 saturated heterocycles. The Morgan fingerprint density at radius 3 is 3.00 bits per heavy atom. The quantitative estimate of drug-likeness (QED) is 0.837. The molecule has 8 heteroatoms. The molecule has 20 heavy (non-hydrogen) atoms. The second-order valence-corrected chi connectivity index (χ2v) is 3.96. The van der Waals surface area contributed by atoms with E-state index in [-0.39, 0.29) is 24.3 Å². The summed E-state index contributed by atoms with van der Waals surface area (Å²) in [5.74, 6) is -0.940. The molecule has 0 saturated carbocycles. The number of benzene rings is 1. The molecule has 0 bridgehead atoms. The SMILES string of the molecule is N#Cc1cc(F)ccc1NC(=O)Cn1cc(CN)nn1. The van der Waals surface area contributed by atoms with Crippen molar-refractivity contribution in [3.05, 3.63) is 41.5 Å². The van der Waals surface area contributed by atoms with Crippen LogP contribution in [0.4, 0.5) is 10.1 Å². The van der Waals surface area contributed by atoms with E-state index >= 15 is 0 Å². The highest BCUT2D eigenvalue weighted by Gasteiger charge is 2.09. The number of carbonyl (C=O) groups is 1. The van der Waals surface area contributed by atoms with Crippen LogP contribution >= 0.6 is 0 Å². The summed E-state index contributed by atoms with van der Waals surface area (Å²) in [6.07, 6.45) is 1.55. The van der Waals surface area contributed by atoms with Crippen LogP contribution in [0.5, 0.6) is 0 Å². The van der Waals surface area contributed by atoms with Crippen molar-refractivity contribution < 1.29 is 9.18 Å². The van der Waals surface area contributed by atoms with Gasteiger partial charge in [0.25, 0.3) is 0 Å². The van der Waals surface area contributed by atoms with Crippen LogP contribution < -0.4 is 11.1 Å². The van der Waals surface area contributed by atoms with Gasteiger partial charge in [0.05, 0.1) is 23.1 Å². The van der Waals surface area contributed by atoms with Gasteiger partial charge in [0, 0.05) is 6.54 Å². The number of aromatic nitrogens is 3.